The fraction of sp³-hybridized carbons (Fsp3) is 0.769. The van der Waals surface area contributed by atoms with Crippen LogP contribution in [0.1, 0.15) is 49.2 Å². The van der Waals surface area contributed by atoms with Crippen LogP contribution < -0.4 is 5.73 Å². The summed E-state index contributed by atoms with van der Waals surface area (Å²) in [5.41, 5.74) is 7.92. The maximum atomic E-state index is 6.63. The van der Waals surface area contributed by atoms with Gasteiger partial charge in [0.05, 0.1) is 11.2 Å². The van der Waals surface area contributed by atoms with Gasteiger partial charge in [-0.3, -0.25) is 0 Å². The molecule has 2 N–H and O–H groups in total. The van der Waals surface area contributed by atoms with E-state index in [4.69, 9.17) is 5.73 Å². The highest BCUT2D eigenvalue weighted by molar-refractivity contribution is 7.11. The molecule has 1 aromatic heterocycles. The molecule has 1 aromatic rings. The number of rotatable bonds is 1. The Bertz CT molecular complexity index is 389. The monoisotopic (exact) mass is 238 g/mol. The normalized spacial score (nSPS) is 33.2. The van der Waals surface area contributed by atoms with Crippen molar-refractivity contribution in [3.63, 3.8) is 0 Å². The minimum Gasteiger partial charge on any atom is -0.319 e. The van der Waals surface area contributed by atoms with E-state index in [1.165, 1.54) is 11.3 Å². The summed E-state index contributed by atoms with van der Waals surface area (Å²) in [5, 5.41) is 1.14. The zero-order chi connectivity index (χ0) is 12.1. The Kier molecular flexibility index (Phi) is 2.67. The Morgan fingerprint density at radius 3 is 2.38 bits per heavy atom. The standard InChI is InChI=1S/C13H22N2S/c1-8-6-12(4,5)7-13(8,14)11-15-9(2)10(3)16-11/h8H,6-7,14H2,1-5H3. The summed E-state index contributed by atoms with van der Waals surface area (Å²) in [6.45, 7) is 11.1. The summed E-state index contributed by atoms with van der Waals surface area (Å²) in [6, 6.07) is 0. The smallest absolute Gasteiger partial charge is 0.113 e. The second-order valence-electron chi connectivity index (χ2n) is 6.15. The molecule has 1 aliphatic rings. The average molecular weight is 238 g/mol. The Hall–Kier alpha value is -0.410. The van der Waals surface area contributed by atoms with E-state index in [1.54, 1.807) is 11.3 Å². The van der Waals surface area contributed by atoms with Crippen LogP contribution in [0.15, 0.2) is 0 Å². The molecule has 0 saturated heterocycles. The molecule has 1 fully saturated rings. The van der Waals surface area contributed by atoms with Crippen LogP contribution in [-0.2, 0) is 5.54 Å². The van der Waals surface area contributed by atoms with Crippen molar-refractivity contribution in [1.29, 1.82) is 0 Å². The van der Waals surface area contributed by atoms with Crippen LogP contribution in [0.25, 0.3) is 0 Å². The molecule has 16 heavy (non-hydrogen) atoms. The maximum Gasteiger partial charge on any atom is 0.113 e. The molecule has 2 unspecified atom stereocenters. The van der Waals surface area contributed by atoms with Crippen molar-refractivity contribution in [2.24, 2.45) is 17.1 Å². The van der Waals surface area contributed by atoms with Crippen LogP contribution in [0.5, 0.6) is 0 Å². The zero-order valence-electron chi connectivity index (χ0n) is 10.9. The molecule has 1 saturated carbocycles. The van der Waals surface area contributed by atoms with Gasteiger partial charge in [0, 0.05) is 4.88 Å². The SMILES string of the molecule is Cc1nc(C2(N)CC(C)(C)CC2C)sc1C. The van der Waals surface area contributed by atoms with E-state index in [0.29, 0.717) is 11.3 Å². The van der Waals surface area contributed by atoms with Crippen LogP contribution in [-0.4, -0.2) is 4.98 Å². The van der Waals surface area contributed by atoms with Gasteiger partial charge in [-0.25, -0.2) is 4.98 Å². The second kappa shape index (κ2) is 3.54. The molecule has 1 heterocycles. The summed E-state index contributed by atoms with van der Waals surface area (Å²) in [4.78, 5) is 5.98. The van der Waals surface area contributed by atoms with Gasteiger partial charge < -0.3 is 5.73 Å². The maximum absolute atomic E-state index is 6.63. The second-order valence-corrected chi connectivity index (χ2v) is 7.35. The lowest BCUT2D eigenvalue weighted by atomic mass is 9.88. The van der Waals surface area contributed by atoms with Crippen LogP contribution in [0.2, 0.25) is 0 Å². The quantitative estimate of drug-likeness (QED) is 0.814. The molecule has 0 amide bonds. The van der Waals surface area contributed by atoms with E-state index < -0.39 is 0 Å². The highest BCUT2D eigenvalue weighted by Crippen LogP contribution is 2.51. The van der Waals surface area contributed by atoms with Gasteiger partial charge in [0.2, 0.25) is 0 Å². The van der Waals surface area contributed by atoms with Crippen molar-refractivity contribution in [2.45, 2.75) is 53.0 Å². The van der Waals surface area contributed by atoms with Crippen molar-refractivity contribution in [1.82, 2.24) is 4.98 Å². The molecule has 90 valence electrons. The van der Waals surface area contributed by atoms with Crippen LogP contribution in [0, 0.1) is 25.2 Å². The van der Waals surface area contributed by atoms with E-state index in [1.807, 2.05) is 0 Å². The number of hydrogen-bond acceptors (Lipinski definition) is 3. The Morgan fingerprint density at radius 2 is 2.00 bits per heavy atom. The first kappa shape index (κ1) is 12.1. The first-order valence-electron chi connectivity index (χ1n) is 5.98. The molecule has 2 atom stereocenters. The van der Waals surface area contributed by atoms with Gasteiger partial charge in [0.25, 0.3) is 0 Å². The lowest BCUT2D eigenvalue weighted by Gasteiger charge is -2.27. The molecular weight excluding hydrogens is 216 g/mol. The number of nitrogens with two attached hydrogens (primary N) is 1. The van der Waals surface area contributed by atoms with E-state index in [9.17, 15) is 0 Å². The number of aryl methyl sites for hydroxylation is 2. The molecular formula is C13H22N2S. The Balaban J connectivity index is 2.39. The van der Waals surface area contributed by atoms with Crippen molar-refractivity contribution in [2.75, 3.05) is 0 Å². The number of aromatic nitrogens is 1. The fourth-order valence-corrected chi connectivity index (χ4v) is 4.14. The van der Waals surface area contributed by atoms with Crippen LogP contribution >= 0.6 is 11.3 Å². The topological polar surface area (TPSA) is 38.9 Å². The van der Waals surface area contributed by atoms with Crippen molar-refractivity contribution < 1.29 is 0 Å². The van der Waals surface area contributed by atoms with Crippen LogP contribution in [0.3, 0.4) is 0 Å². The summed E-state index contributed by atoms with van der Waals surface area (Å²) in [5.74, 6) is 0.521. The third-order valence-electron chi connectivity index (χ3n) is 3.94. The fourth-order valence-electron chi connectivity index (χ4n) is 3.01. The zero-order valence-corrected chi connectivity index (χ0v) is 11.7. The van der Waals surface area contributed by atoms with Gasteiger partial charge in [-0.2, -0.15) is 0 Å². The van der Waals surface area contributed by atoms with Gasteiger partial charge in [0.1, 0.15) is 5.01 Å². The summed E-state index contributed by atoms with van der Waals surface area (Å²) < 4.78 is 0. The number of nitrogens with zero attached hydrogens (tertiary/aromatic N) is 1. The van der Waals surface area contributed by atoms with Gasteiger partial charge in [0.15, 0.2) is 0 Å². The summed E-state index contributed by atoms with van der Waals surface area (Å²) in [6.07, 6.45) is 2.24. The van der Waals surface area contributed by atoms with Crippen molar-refractivity contribution >= 4 is 11.3 Å². The average Bonchev–Trinajstić information content (AvgIpc) is 2.54. The molecule has 3 heteroatoms. The van der Waals surface area contributed by atoms with E-state index in [-0.39, 0.29) is 5.54 Å². The highest BCUT2D eigenvalue weighted by atomic mass is 32.1. The predicted molar refractivity (Wildman–Crippen MR) is 69.6 cm³/mol. The Morgan fingerprint density at radius 1 is 1.38 bits per heavy atom. The van der Waals surface area contributed by atoms with E-state index in [0.717, 1.165) is 17.1 Å². The first-order chi connectivity index (χ1) is 7.24. The molecule has 0 spiro atoms. The third kappa shape index (κ3) is 1.80. The molecule has 1 aliphatic carbocycles. The minimum absolute atomic E-state index is 0.201. The number of thiazole rings is 1. The summed E-state index contributed by atoms with van der Waals surface area (Å²) >= 11 is 1.78. The van der Waals surface area contributed by atoms with Gasteiger partial charge in [-0.15, -0.1) is 11.3 Å². The Labute approximate surface area is 102 Å². The van der Waals surface area contributed by atoms with Crippen LogP contribution in [0.4, 0.5) is 0 Å². The third-order valence-corrected chi connectivity index (χ3v) is 5.20. The van der Waals surface area contributed by atoms with E-state index >= 15 is 0 Å². The highest BCUT2D eigenvalue weighted by Gasteiger charge is 2.48. The van der Waals surface area contributed by atoms with Crippen molar-refractivity contribution in [3.8, 4) is 0 Å². The molecule has 2 rings (SSSR count). The molecule has 0 radical (unpaired) electrons. The van der Waals surface area contributed by atoms with Gasteiger partial charge >= 0.3 is 0 Å². The largest absolute Gasteiger partial charge is 0.319 e. The van der Waals surface area contributed by atoms with Gasteiger partial charge in [-0.05, 0) is 38.0 Å². The molecule has 0 aromatic carbocycles. The summed E-state index contributed by atoms with van der Waals surface area (Å²) in [7, 11) is 0. The molecule has 2 nitrogen and oxygen atoms in total. The molecule has 0 bridgehead atoms. The predicted octanol–water partition coefficient (Wildman–Crippen LogP) is 3.37. The van der Waals surface area contributed by atoms with Crippen molar-refractivity contribution in [3.05, 3.63) is 15.6 Å². The lowest BCUT2D eigenvalue weighted by Crippen LogP contribution is -2.39. The van der Waals surface area contributed by atoms with Gasteiger partial charge in [-0.1, -0.05) is 20.8 Å². The first-order valence-corrected chi connectivity index (χ1v) is 6.80. The molecule has 0 aliphatic heterocycles. The number of hydrogen-bond donors (Lipinski definition) is 1. The van der Waals surface area contributed by atoms with E-state index in [2.05, 4.69) is 39.6 Å². The minimum atomic E-state index is -0.201. The lowest BCUT2D eigenvalue weighted by molar-refractivity contribution is 0.328.